The minimum atomic E-state index is 0.0427. The van der Waals surface area contributed by atoms with Gasteiger partial charge in [0.15, 0.2) is 0 Å². The maximum atomic E-state index is 9.03. The molecule has 1 N–H and O–H groups in total. The first kappa shape index (κ1) is 14.0. The van der Waals surface area contributed by atoms with Gasteiger partial charge in [-0.15, -0.1) is 0 Å². The van der Waals surface area contributed by atoms with Crippen LogP contribution in [0.4, 0.5) is 0 Å². The Balaban J connectivity index is 2.46. The van der Waals surface area contributed by atoms with Gasteiger partial charge in [-0.25, -0.2) is 0 Å². The second-order valence-electron chi connectivity index (χ2n) is 3.98. The molecule has 0 heterocycles. The van der Waals surface area contributed by atoms with Gasteiger partial charge in [0.25, 0.3) is 0 Å². The SMILES string of the molecule is CCCC(COc1cccc(CO)c1)OCC. The minimum Gasteiger partial charge on any atom is -0.491 e. The van der Waals surface area contributed by atoms with E-state index in [9.17, 15) is 0 Å². The van der Waals surface area contributed by atoms with Gasteiger partial charge in [-0.2, -0.15) is 0 Å². The number of aliphatic hydroxyl groups is 1. The molecule has 0 saturated carbocycles. The standard InChI is InChI=1S/C14H22O3/c1-3-6-14(16-4-2)11-17-13-8-5-7-12(9-13)10-15/h5,7-9,14-15H,3-4,6,10-11H2,1-2H3. The van der Waals surface area contributed by atoms with Crippen LogP contribution in [0.1, 0.15) is 32.3 Å². The van der Waals surface area contributed by atoms with Crippen LogP contribution in [0.15, 0.2) is 24.3 Å². The van der Waals surface area contributed by atoms with Gasteiger partial charge in [-0.05, 0) is 31.0 Å². The fourth-order valence-corrected chi connectivity index (χ4v) is 1.70. The highest BCUT2D eigenvalue weighted by molar-refractivity contribution is 5.27. The number of ether oxygens (including phenoxy) is 2. The van der Waals surface area contributed by atoms with Crippen molar-refractivity contribution in [3.05, 3.63) is 29.8 Å². The van der Waals surface area contributed by atoms with E-state index in [1.165, 1.54) is 0 Å². The molecule has 0 fully saturated rings. The van der Waals surface area contributed by atoms with Gasteiger partial charge < -0.3 is 14.6 Å². The van der Waals surface area contributed by atoms with Gasteiger partial charge in [0, 0.05) is 6.61 Å². The van der Waals surface area contributed by atoms with Crippen molar-refractivity contribution >= 4 is 0 Å². The Morgan fingerprint density at radius 3 is 2.76 bits per heavy atom. The van der Waals surface area contributed by atoms with Crippen molar-refractivity contribution in [2.45, 2.75) is 39.4 Å². The van der Waals surface area contributed by atoms with Crippen LogP contribution in [-0.2, 0) is 11.3 Å². The minimum absolute atomic E-state index is 0.0427. The lowest BCUT2D eigenvalue weighted by atomic mass is 10.2. The van der Waals surface area contributed by atoms with Crippen LogP contribution < -0.4 is 4.74 Å². The predicted octanol–water partition coefficient (Wildman–Crippen LogP) is 2.76. The van der Waals surface area contributed by atoms with Crippen molar-refractivity contribution in [1.29, 1.82) is 0 Å². The molecular weight excluding hydrogens is 216 g/mol. The van der Waals surface area contributed by atoms with Crippen LogP contribution in [0.2, 0.25) is 0 Å². The third kappa shape index (κ3) is 5.20. The molecule has 0 aliphatic carbocycles. The molecule has 0 aliphatic rings. The van der Waals surface area contributed by atoms with Crippen LogP contribution in [0.25, 0.3) is 0 Å². The highest BCUT2D eigenvalue weighted by atomic mass is 16.5. The largest absolute Gasteiger partial charge is 0.491 e. The van der Waals surface area contributed by atoms with Crippen molar-refractivity contribution in [2.24, 2.45) is 0 Å². The first-order chi connectivity index (χ1) is 8.30. The highest BCUT2D eigenvalue weighted by Crippen LogP contribution is 2.14. The molecular formula is C14H22O3. The molecule has 1 aromatic rings. The number of benzene rings is 1. The van der Waals surface area contributed by atoms with Crippen molar-refractivity contribution < 1.29 is 14.6 Å². The summed E-state index contributed by atoms with van der Waals surface area (Å²) in [7, 11) is 0. The van der Waals surface area contributed by atoms with Gasteiger partial charge in [0.1, 0.15) is 12.4 Å². The number of hydrogen-bond acceptors (Lipinski definition) is 3. The third-order valence-electron chi connectivity index (χ3n) is 2.53. The van der Waals surface area contributed by atoms with E-state index in [-0.39, 0.29) is 12.7 Å². The quantitative estimate of drug-likeness (QED) is 0.757. The first-order valence-electron chi connectivity index (χ1n) is 6.24. The molecule has 96 valence electrons. The van der Waals surface area contributed by atoms with E-state index in [1.807, 2.05) is 31.2 Å². The van der Waals surface area contributed by atoms with Crippen molar-refractivity contribution in [3.8, 4) is 5.75 Å². The maximum Gasteiger partial charge on any atom is 0.119 e. The zero-order valence-corrected chi connectivity index (χ0v) is 10.7. The molecule has 3 nitrogen and oxygen atoms in total. The predicted molar refractivity (Wildman–Crippen MR) is 68.2 cm³/mol. The molecule has 1 unspecified atom stereocenters. The van der Waals surface area contributed by atoms with Crippen LogP contribution in [-0.4, -0.2) is 24.4 Å². The Hall–Kier alpha value is -1.06. The molecule has 0 aliphatic heterocycles. The molecule has 1 atom stereocenters. The van der Waals surface area contributed by atoms with Gasteiger partial charge in [0.2, 0.25) is 0 Å². The summed E-state index contributed by atoms with van der Waals surface area (Å²) in [5.74, 6) is 0.789. The third-order valence-corrected chi connectivity index (χ3v) is 2.53. The average molecular weight is 238 g/mol. The van der Waals surface area contributed by atoms with E-state index in [4.69, 9.17) is 14.6 Å². The normalized spacial score (nSPS) is 12.4. The number of rotatable bonds is 8. The average Bonchev–Trinajstić information content (AvgIpc) is 2.37. The molecule has 0 spiro atoms. The summed E-state index contributed by atoms with van der Waals surface area (Å²) in [4.78, 5) is 0. The Bertz CT molecular complexity index is 306. The molecule has 0 aromatic heterocycles. The fourth-order valence-electron chi connectivity index (χ4n) is 1.70. The fraction of sp³-hybridized carbons (Fsp3) is 0.571. The summed E-state index contributed by atoms with van der Waals surface area (Å²) in [5.41, 5.74) is 0.867. The molecule has 0 amide bonds. The van der Waals surface area contributed by atoms with Crippen molar-refractivity contribution in [3.63, 3.8) is 0 Å². The van der Waals surface area contributed by atoms with E-state index in [1.54, 1.807) is 0 Å². The van der Waals surface area contributed by atoms with Gasteiger partial charge in [-0.3, -0.25) is 0 Å². The lowest BCUT2D eigenvalue weighted by Gasteiger charge is -2.17. The van der Waals surface area contributed by atoms with Gasteiger partial charge in [0.05, 0.1) is 12.7 Å². The smallest absolute Gasteiger partial charge is 0.119 e. The van der Waals surface area contributed by atoms with Crippen LogP contribution in [0.3, 0.4) is 0 Å². The summed E-state index contributed by atoms with van der Waals surface area (Å²) in [5, 5.41) is 9.03. The summed E-state index contributed by atoms with van der Waals surface area (Å²) < 4.78 is 11.3. The number of aliphatic hydroxyl groups excluding tert-OH is 1. The zero-order chi connectivity index (χ0) is 12.5. The van der Waals surface area contributed by atoms with Crippen LogP contribution in [0.5, 0.6) is 5.75 Å². The summed E-state index contributed by atoms with van der Waals surface area (Å²) in [6.45, 7) is 5.45. The summed E-state index contributed by atoms with van der Waals surface area (Å²) >= 11 is 0. The maximum absolute atomic E-state index is 9.03. The summed E-state index contributed by atoms with van der Waals surface area (Å²) in [6.07, 6.45) is 2.25. The van der Waals surface area contributed by atoms with E-state index >= 15 is 0 Å². The number of hydrogen-bond donors (Lipinski definition) is 1. The molecule has 3 heteroatoms. The monoisotopic (exact) mass is 238 g/mol. The molecule has 1 aromatic carbocycles. The molecule has 1 rings (SSSR count). The van der Waals surface area contributed by atoms with Gasteiger partial charge >= 0.3 is 0 Å². The van der Waals surface area contributed by atoms with Crippen molar-refractivity contribution in [1.82, 2.24) is 0 Å². The second kappa shape index (κ2) is 8.09. The van der Waals surface area contributed by atoms with E-state index in [0.29, 0.717) is 13.2 Å². The zero-order valence-electron chi connectivity index (χ0n) is 10.7. The second-order valence-corrected chi connectivity index (χ2v) is 3.98. The van der Waals surface area contributed by atoms with Crippen molar-refractivity contribution in [2.75, 3.05) is 13.2 Å². The molecule has 0 radical (unpaired) electrons. The topological polar surface area (TPSA) is 38.7 Å². The van der Waals surface area contributed by atoms with Gasteiger partial charge in [-0.1, -0.05) is 25.5 Å². The molecule has 17 heavy (non-hydrogen) atoms. The van der Waals surface area contributed by atoms with E-state index in [0.717, 1.165) is 24.2 Å². The Kier molecular flexibility index (Phi) is 6.67. The van der Waals surface area contributed by atoms with E-state index in [2.05, 4.69) is 6.92 Å². The summed E-state index contributed by atoms with van der Waals surface area (Å²) in [6, 6.07) is 7.51. The molecule has 0 bridgehead atoms. The first-order valence-corrected chi connectivity index (χ1v) is 6.24. The van der Waals surface area contributed by atoms with Crippen LogP contribution in [0, 0.1) is 0 Å². The van der Waals surface area contributed by atoms with Crippen LogP contribution >= 0.6 is 0 Å². The lowest BCUT2D eigenvalue weighted by molar-refractivity contribution is 0.0220. The highest BCUT2D eigenvalue weighted by Gasteiger charge is 2.08. The van der Waals surface area contributed by atoms with E-state index < -0.39 is 0 Å². The Labute approximate surface area is 103 Å². The Morgan fingerprint density at radius 2 is 2.12 bits per heavy atom. The lowest BCUT2D eigenvalue weighted by Crippen LogP contribution is -2.21. The Morgan fingerprint density at radius 1 is 1.29 bits per heavy atom. The molecule has 0 saturated heterocycles.